The number of ether oxygens (including phenoxy) is 1. The molecule has 1 atom stereocenters. The number of aryl methyl sites for hydroxylation is 2. The second-order valence-electron chi connectivity index (χ2n) is 7.26. The molecule has 9 nitrogen and oxygen atoms in total. The summed E-state index contributed by atoms with van der Waals surface area (Å²) < 4.78 is 34.4. The summed E-state index contributed by atoms with van der Waals surface area (Å²) in [6, 6.07) is 10.6. The maximum absolute atomic E-state index is 12.9. The van der Waals surface area contributed by atoms with Crippen LogP contribution in [-0.2, 0) is 28.9 Å². The zero-order valence-electron chi connectivity index (χ0n) is 18.1. The van der Waals surface area contributed by atoms with Crippen molar-refractivity contribution < 1.29 is 17.9 Å². The third kappa shape index (κ3) is 4.43. The Balaban J connectivity index is 1.89. The molecule has 2 aromatic carbocycles. The molecule has 0 aliphatic rings. The van der Waals surface area contributed by atoms with Crippen LogP contribution in [0, 0.1) is 0 Å². The van der Waals surface area contributed by atoms with Crippen LogP contribution in [0.15, 0.2) is 47.3 Å². The number of carbonyl (C=O) groups is 1. The van der Waals surface area contributed by atoms with Crippen molar-refractivity contribution in [3.8, 4) is 5.75 Å². The Morgan fingerprint density at radius 1 is 1.10 bits per heavy atom. The Hall–Kier alpha value is -3.27. The van der Waals surface area contributed by atoms with E-state index in [1.54, 1.807) is 56.6 Å². The Labute approximate surface area is 180 Å². The van der Waals surface area contributed by atoms with Gasteiger partial charge in [-0.25, -0.2) is 13.2 Å². The lowest BCUT2D eigenvalue weighted by atomic mass is 10.2. The van der Waals surface area contributed by atoms with E-state index >= 15 is 0 Å². The molecule has 31 heavy (non-hydrogen) atoms. The molecule has 0 bridgehead atoms. The van der Waals surface area contributed by atoms with Crippen molar-refractivity contribution in [1.82, 2.24) is 9.13 Å². The number of benzene rings is 2. The van der Waals surface area contributed by atoms with Crippen LogP contribution in [0.3, 0.4) is 0 Å². The van der Waals surface area contributed by atoms with Crippen molar-refractivity contribution >= 4 is 38.3 Å². The van der Waals surface area contributed by atoms with Crippen molar-refractivity contribution in [2.24, 2.45) is 14.1 Å². The number of anilines is 2. The second kappa shape index (κ2) is 8.46. The van der Waals surface area contributed by atoms with Crippen molar-refractivity contribution in [3.05, 3.63) is 52.9 Å². The molecule has 3 aromatic rings. The van der Waals surface area contributed by atoms with Gasteiger partial charge < -0.3 is 10.1 Å². The summed E-state index contributed by atoms with van der Waals surface area (Å²) in [5.74, 6) is 0.109. The van der Waals surface area contributed by atoms with Gasteiger partial charge in [0.1, 0.15) is 11.8 Å². The highest BCUT2D eigenvalue weighted by molar-refractivity contribution is 7.92. The molecule has 0 aliphatic carbocycles. The fraction of sp³-hybridized carbons (Fsp3) is 0.333. The van der Waals surface area contributed by atoms with Gasteiger partial charge in [0, 0.05) is 19.8 Å². The van der Waals surface area contributed by atoms with E-state index in [-0.39, 0.29) is 5.69 Å². The summed E-state index contributed by atoms with van der Waals surface area (Å²) in [6.45, 7) is 3.86. The topological polar surface area (TPSA) is 103 Å². The van der Waals surface area contributed by atoms with Crippen molar-refractivity contribution in [3.63, 3.8) is 0 Å². The number of hydrogen-bond donors (Lipinski definition) is 1. The van der Waals surface area contributed by atoms with Crippen LogP contribution in [0.5, 0.6) is 5.75 Å². The van der Waals surface area contributed by atoms with E-state index in [0.717, 1.165) is 16.1 Å². The maximum atomic E-state index is 12.9. The average molecular weight is 447 g/mol. The molecule has 1 aromatic heterocycles. The third-order valence-electron chi connectivity index (χ3n) is 5.03. The fourth-order valence-electron chi connectivity index (χ4n) is 3.50. The van der Waals surface area contributed by atoms with Crippen LogP contribution < -0.4 is 20.0 Å². The zero-order chi connectivity index (χ0) is 22.9. The molecule has 1 amide bonds. The second-order valence-corrected chi connectivity index (χ2v) is 9.11. The van der Waals surface area contributed by atoms with Crippen molar-refractivity contribution in [2.75, 3.05) is 22.5 Å². The number of nitrogens with one attached hydrogen (secondary N) is 1. The molecule has 0 radical (unpaired) electrons. The van der Waals surface area contributed by atoms with Gasteiger partial charge in [0.2, 0.25) is 15.9 Å². The third-order valence-corrected chi connectivity index (χ3v) is 6.27. The minimum Gasteiger partial charge on any atom is -0.494 e. The van der Waals surface area contributed by atoms with Gasteiger partial charge in [0.05, 0.1) is 29.6 Å². The summed E-state index contributed by atoms with van der Waals surface area (Å²) in [7, 11) is -0.419. The lowest BCUT2D eigenvalue weighted by molar-refractivity contribution is -0.116. The highest BCUT2D eigenvalue weighted by atomic mass is 32.2. The molecule has 1 heterocycles. The molecule has 10 heteroatoms. The van der Waals surface area contributed by atoms with E-state index < -0.39 is 22.0 Å². The van der Waals surface area contributed by atoms with Gasteiger partial charge in [-0.3, -0.25) is 18.2 Å². The number of aromatic nitrogens is 2. The van der Waals surface area contributed by atoms with Crippen LogP contribution in [0.1, 0.15) is 13.8 Å². The maximum Gasteiger partial charge on any atom is 0.328 e. The molecule has 3 rings (SSSR count). The van der Waals surface area contributed by atoms with E-state index in [9.17, 15) is 18.0 Å². The number of amides is 1. The lowest BCUT2D eigenvalue weighted by Gasteiger charge is -2.28. The first-order chi connectivity index (χ1) is 14.5. The molecule has 0 unspecified atom stereocenters. The summed E-state index contributed by atoms with van der Waals surface area (Å²) in [4.78, 5) is 25.0. The van der Waals surface area contributed by atoms with Crippen LogP contribution in [0.2, 0.25) is 0 Å². The average Bonchev–Trinajstić information content (AvgIpc) is 2.92. The largest absolute Gasteiger partial charge is 0.494 e. The minimum atomic E-state index is -3.74. The Morgan fingerprint density at radius 3 is 2.29 bits per heavy atom. The van der Waals surface area contributed by atoms with E-state index in [4.69, 9.17) is 4.74 Å². The fourth-order valence-corrected chi connectivity index (χ4v) is 4.67. The quantitative estimate of drug-likeness (QED) is 0.599. The van der Waals surface area contributed by atoms with Gasteiger partial charge in [0.25, 0.3) is 0 Å². The molecular weight excluding hydrogens is 420 g/mol. The highest BCUT2D eigenvalue weighted by Gasteiger charge is 2.29. The molecule has 1 N–H and O–H groups in total. The first-order valence-corrected chi connectivity index (χ1v) is 11.6. The van der Waals surface area contributed by atoms with Crippen molar-refractivity contribution in [1.29, 1.82) is 0 Å². The van der Waals surface area contributed by atoms with Crippen LogP contribution in [-0.4, -0.2) is 42.4 Å². The van der Waals surface area contributed by atoms with Gasteiger partial charge >= 0.3 is 5.69 Å². The molecule has 0 aliphatic heterocycles. The van der Waals surface area contributed by atoms with Gasteiger partial charge in [-0.2, -0.15) is 0 Å². The normalized spacial score (nSPS) is 12.5. The highest BCUT2D eigenvalue weighted by Crippen LogP contribution is 2.25. The number of carbonyl (C=O) groups excluding carboxylic acids is 1. The van der Waals surface area contributed by atoms with E-state index in [2.05, 4.69) is 5.32 Å². The number of hydrogen-bond acceptors (Lipinski definition) is 5. The Bertz CT molecular complexity index is 1280. The SMILES string of the molecule is CCOc1ccc(N([C@@H](C)C(=O)Nc2ccc3c(c2)n(C)c(=O)n3C)S(C)(=O)=O)cc1. The summed E-state index contributed by atoms with van der Waals surface area (Å²) in [5, 5.41) is 2.75. The summed E-state index contributed by atoms with van der Waals surface area (Å²) in [6.07, 6.45) is 1.05. The monoisotopic (exact) mass is 446 g/mol. The zero-order valence-corrected chi connectivity index (χ0v) is 18.9. The van der Waals surface area contributed by atoms with Crippen molar-refractivity contribution in [2.45, 2.75) is 19.9 Å². The molecule has 0 saturated heterocycles. The van der Waals surface area contributed by atoms with Crippen LogP contribution in [0.4, 0.5) is 11.4 Å². The summed E-state index contributed by atoms with van der Waals surface area (Å²) in [5.41, 5.74) is 2.03. The standard InChI is InChI=1S/C21H26N4O5S/c1-6-30-17-10-8-16(9-11-17)25(31(5,28)29)14(2)20(26)22-15-7-12-18-19(13-15)24(4)21(27)23(18)3/h7-14H,6H2,1-5H3,(H,22,26)/t14-/m0/s1. The van der Waals surface area contributed by atoms with Gasteiger partial charge in [-0.1, -0.05) is 0 Å². The van der Waals surface area contributed by atoms with Gasteiger partial charge in [-0.05, 0) is 56.3 Å². The van der Waals surface area contributed by atoms with E-state index in [1.165, 1.54) is 16.1 Å². The molecule has 0 spiro atoms. The van der Waals surface area contributed by atoms with Gasteiger partial charge in [0.15, 0.2) is 0 Å². The van der Waals surface area contributed by atoms with Gasteiger partial charge in [-0.15, -0.1) is 0 Å². The Kier molecular flexibility index (Phi) is 6.12. The predicted molar refractivity (Wildman–Crippen MR) is 121 cm³/mol. The lowest BCUT2D eigenvalue weighted by Crippen LogP contribution is -2.45. The molecule has 166 valence electrons. The number of fused-ring (bicyclic) bond motifs is 1. The van der Waals surface area contributed by atoms with Crippen LogP contribution in [0.25, 0.3) is 11.0 Å². The first-order valence-electron chi connectivity index (χ1n) is 9.73. The number of rotatable bonds is 7. The number of imidazole rings is 1. The van der Waals surface area contributed by atoms with E-state index in [0.29, 0.717) is 29.2 Å². The molecule has 0 fully saturated rings. The molecule has 0 saturated carbocycles. The first kappa shape index (κ1) is 22.4. The number of nitrogens with zero attached hydrogens (tertiary/aromatic N) is 3. The Morgan fingerprint density at radius 2 is 1.71 bits per heavy atom. The number of sulfonamides is 1. The van der Waals surface area contributed by atoms with Crippen LogP contribution >= 0.6 is 0 Å². The predicted octanol–water partition coefficient (Wildman–Crippen LogP) is 2.07. The smallest absolute Gasteiger partial charge is 0.328 e. The van der Waals surface area contributed by atoms with E-state index in [1.807, 2.05) is 6.92 Å². The summed E-state index contributed by atoms with van der Waals surface area (Å²) >= 11 is 0. The minimum absolute atomic E-state index is 0.175. The molecular formula is C21H26N4O5S.